The lowest BCUT2D eigenvalue weighted by molar-refractivity contribution is -0.0117. The third-order valence-electron chi connectivity index (χ3n) is 5.53. The van der Waals surface area contributed by atoms with Gasteiger partial charge in [-0.2, -0.15) is 5.10 Å². The number of aryl methyl sites for hydroxylation is 2. The van der Waals surface area contributed by atoms with Gasteiger partial charge in [-0.3, -0.25) is 4.79 Å². The fourth-order valence-electron chi connectivity index (χ4n) is 3.88. The number of hydrogen-bond donors (Lipinski definition) is 2. The van der Waals surface area contributed by atoms with Gasteiger partial charge >= 0.3 is 0 Å². The number of aromatic nitrogens is 3. The summed E-state index contributed by atoms with van der Waals surface area (Å²) in [5, 5.41) is 5.74. The number of rotatable bonds is 7. The van der Waals surface area contributed by atoms with Crippen molar-refractivity contribution in [1.29, 1.82) is 0 Å². The van der Waals surface area contributed by atoms with Crippen molar-refractivity contribution in [2.75, 3.05) is 25.0 Å². The molecular weight excluding hydrogens is 416 g/mol. The highest BCUT2D eigenvalue weighted by molar-refractivity contribution is 5.65. The third-order valence-corrected chi connectivity index (χ3v) is 5.53. The smallest absolute Gasteiger partial charge is 0.267 e. The van der Waals surface area contributed by atoms with Crippen molar-refractivity contribution in [1.82, 2.24) is 19.8 Å². The highest BCUT2D eigenvalue weighted by Gasteiger charge is 2.35. The fraction of sp³-hybridized carbons (Fsp3) is 0.500. The van der Waals surface area contributed by atoms with E-state index in [1.165, 1.54) is 15.8 Å². The molecule has 4 N–H and O–H groups in total. The van der Waals surface area contributed by atoms with Crippen molar-refractivity contribution in [3.8, 4) is 0 Å². The molecule has 0 amide bonds. The number of nitrogens with zero attached hydrogens (tertiary/aromatic N) is 5. The zero-order valence-corrected chi connectivity index (χ0v) is 18.8. The Labute approximate surface area is 186 Å². The summed E-state index contributed by atoms with van der Waals surface area (Å²) in [4.78, 5) is 18.5. The molecule has 0 atom stereocenters. The molecule has 1 aliphatic rings. The van der Waals surface area contributed by atoms with E-state index in [0.29, 0.717) is 41.4 Å². The molecule has 0 unspecified atom stereocenters. The van der Waals surface area contributed by atoms with E-state index in [4.69, 9.17) is 11.6 Å². The van der Waals surface area contributed by atoms with Gasteiger partial charge in [0, 0.05) is 26.1 Å². The topological polar surface area (TPSA) is 106 Å². The first-order valence-corrected chi connectivity index (χ1v) is 10.8. The summed E-state index contributed by atoms with van der Waals surface area (Å²) in [5.41, 5.74) is 9.42. The second-order valence-electron chi connectivity index (χ2n) is 8.22. The summed E-state index contributed by atoms with van der Waals surface area (Å²) in [6, 6.07) is 6.65. The van der Waals surface area contributed by atoms with Crippen LogP contribution in [0, 0.1) is 6.92 Å². The van der Waals surface area contributed by atoms with Crippen molar-refractivity contribution in [2.45, 2.75) is 52.0 Å². The summed E-state index contributed by atoms with van der Waals surface area (Å²) in [7, 11) is 1.63. The Bertz CT molecular complexity index is 1050. The summed E-state index contributed by atoms with van der Waals surface area (Å²) in [6.45, 7) is 4.12. The average Bonchev–Trinajstić information content (AvgIpc) is 2.72. The third kappa shape index (κ3) is 5.42. The number of hydrogen-bond acceptors (Lipinski definition) is 7. The van der Waals surface area contributed by atoms with Gasteiger partial charge in [0.1, 0.15) is 0 Å². The van der Waals surface area contributed by atoms with Crippen LogP contribution in [0.5, 0.6) is 0 Å². The molecule has 3 heterocycles. The molecule has 3 rings (SSSR count). The SMILES string of the molecule is CCCc1ccc(=O)n(C/C(=C(/N)c2ccc(N3CCCC(F)(F)C3)c(C)n2)N(C)N)n1. The largest absolute Gasteiger partial charge is 0.395 e. The van der Waals surface area contributed by atoms with Gasteiger partial charge in [-0.05, 0) is 38.0 Å². The van der Waals surface area contributed by atoms with Crippen LogP contribution < -0.4 is 22.0 Å². The number of nitrogens with two attached hydrogens (primary N) is 2. The van der Waals surface area contributed by atoms with Crippen molar-refractivity contribution in [3.63, 3.8) is 0 Å². The van der Waals surface area contributed by atoms with Gasteiger partial charge in [0.15, 0.2) is 0 Å². The lowest BCUT2D eigenvalue weighted by Gasteiger charge is -2.34. The molecule has 0 aliphatic carbocycles. The standard InChI is InChI=1S/C22H31F2N7O/c1-4-6-16-7-10-20(32)31(28-16)13-19(29(3)26)21(25)17-8-9-18(15(2)27-17)30-12-5-11-22(23,24)14-30/h7-10H,4-6,11-14,25-26H2,1-3H3/b21-19-. The molecule has 0 radical (unpaired) electrons. The monoisotopic (exact) mass is 447 g/mol. The lowest BCUT2D eigenvalue weighted by Crippen LogP contribution is -2.43. The van der Waals surface area contributed by atoms with Crippen molar-refractivity contribution in [2.24, 2.45) is 11.6 Å². The van der Waals surface area contributed by atoms with Gasteiger partial charge in [0.05, 0.1) is 47.3 Å². The predicted molar refractivity (Wildman–Crippen MR) is 121 cm³/mol. The zero-order valence-electron chi connectivity index (χ0n) is 18.8. The first-order chi connectivity index (χ1) is 15.1. The second kappa shape index (κ2) is 9.64. The van der Waals surface area contributed by atoms with Crippen LogP contribution in [0.4, 0.5) is 14.5 Å². The molecule has 32 heavy (non-hydrogen) atoms. The van der Waals surface area contributed by atoms with Gasteiger partial charge < -0.3 is 15.6 Å². The lowest BCUT2D eigenvalue weighted by atomic mass is 10.1. The van der Waals surface area contributed by atoms with E-state index in [1.54, 1.807) is 37.1 Å². The Kier molecular flexibility index (Phi) is 7.12. The maximum Gasteiger partial charge on any atom is 0.267 e. The summed E-state index contributed by atoms with van der Waals surface area (Å²) < 4.78 is 29.0. The maximum absolute atomic E-state index is 13.8. The van der Waals surface area contributed by atoms with E-state index in [-0.39, 0.29) is 25.1 Å². The van der Waals surface area contributed by atoms with Gasteiger partial charge in [0.2, 0.25) is 0 Å². The van der Waals surface area contributed by atoms with Crippen molar-refractivity contribution in [3.05, 3.63) is 57.4 Å². The zero-order chi connectivity index (χ0) is 23.5. The van der Waals surface area contributed by atoms with E-state index in [0.717, 1.165) is 18.5 Å². The van der Waals surface area contributed by atoms with Crippen molar-refractivity contribution < 1.29 is 8.78 Å². The maximum atomic E-state index is 13.8. The minimum atomic E-state index is -2.70. The molecule has 2 aromatic heterocycles. The molecule has 0 spiro atoms. The highest BCUT2D eigenvalue weighted by Crippen LogP contribution is 2.31. The highest BCUT2D eigenvalue weighted by atomic mass is 19.3. The number of piperidine rings is 1. The molecule has 0 aromatic carbocycles. The van der Waals surface area contributed by atoms with Crippen LogP contribution in [0.15, 0.2) is 34.8 Å². The fourth-order valence-corrected chi connectivity index (χ4v) is 3.88. The van der Waals surface area contributed by atoms with E-state index in [1.807, 2.05) is 6.92 Å². The Morgan fingerprint density at radius 2 is 2.03 bits per heavy atom. The minimum absolute atomic E-state index is 0.0794. The minimum Gasteiger partial charge on any atom is -0.395 e. The number of allylic oxidation sites excluding steroid dienone is 1. The van der Waals surface area contributed by atoms with Crippen LogP contribution in [0.1, 0.15) is 43.3 Å². The molecule has 174 valence electrons. The molecule has 0 saturated carbocycles. The molecule has 8 nitrogen and oxygen atoms in total. The quantitative estimate of drug-likeness (QED) is 0.495. The van der Waals surface area contributed by atoms with E-state index in [2.05, 4.69) is 10.1 Å². The predicted octanol–water partition coefficient (Wildman–Crippen LogP) is 2.27. The van der Waals surface area contributed by atoms with E-state index >= 15 is 0 Å². The van der Waals surface area contributed by atoms with Gasteiger partial charge in [-0.15, -0.1) is 0 Å². The van der Waals surface area contributed by atoms with Crippen LogP contribution in [0.2, 0.25) is 0 Å². The van der Waals surface area contributed by atoms with Crippen molar-refractivity contribution >= 4 is 11.4 Å². The molecular formula is C22H31F2N7O. The van der Waals surface area contributed by atoms with Gasteiger partial charge in [-0.1, -0.05) is 13.3 Å². The summed E-state index contributed by atoms with van der Waals surface area (Å²) in [6.07, 6.45) is 2.00. The molecule has 1 saturated heterocycles. The van der Waals surface area contributed by atoms with Crippen LogP contribution in [-0.2, 0) is 13.0 Å². The summed E-state index contributed by atoms with van der Waals surface area (Å²) >= 11 is 0. The van der Waals surface area contributed by atoms with Gasteiger partial charge in [-0.25, -0.2) is 24.3 Å². The Hall–Kier alpha value is -3.01. The molecule has 1 fully saturated rings. The number of halogens is 2. The number of alkyl halides is 2. The molecule has 0 bridgehead atoms. The first-order valence-electron chi connectivity index (χ1n) is 10.8. The molecule has 1 aliphatic heterocycles. The Morgan fingerprint density at radius 1 is 1.28 bits per heavy atom. The Morgan fingerprint density at radius 3 is 2.66 bits per heavy atom. The van der Waals surface area contributed by atoms with Crippen LogP contribution in [0.25, 0.3) is 5.70 Å². The number of likely N-dealkylation sites (N-methyl/N-ethyl adjacent to an activating group) is 1. The number of anilines is 1. The van der Waals surface area contributed by atoms with Crippen LogP contribution >= 0.6 is 0 Å². The van der Waals surface area contributed by atoms with E-state index < -0.39 is 5.92 Å². The average molecular weight is 448 g/mol. The number of hydrazine groups is 1. The second-order valence-corrected chi connectivity index (χ2v) is 8.22. The van der Waals surface area contributed by atoms with Crippen LogP contribution in [0.3, 0.4) is 0 Å². The number of pyridine rings is 1. The molecule has 2 aromatic rings. The first kappa shape index (κ1) is 23.6. The normalized spacial score (nSPS) is 16.6. The molecule has 10 heteroatoms. The Balaban J connectivity index is 1.92. The van der Waals surface area contributed by atoms with Gasteiger partial charge in [0.25, 0.3) is 11.5 Å². The van der Waals surface area contributed by atoms with Crippen LogP contribution in [-0.4, -0.2) is 45.8 Å². The van der Waals surface area contributed by atoms with E-state index in [9.17, 15) is 13.6 Å². The summed E-state index contributed by atoms with van der Waals surface area (Å²) in [5.74, 6) is 3.31.